The van der Waals surface area contributed by atoms with Crippen molar-refractivity contribution in [2.45, 2.75) is 0 Å². The first kappa shape index (κ1) is 7.73. The molecule has 1 aromatic rings. The zero-order valence-electron chi connectivity index (χ0n) is 4.87. The molecule has 0 aliphatic carbocycles. The summed E-state index contributed by atoms with van der Waals surface area (Å²) in [4.78, 5) is 0. The minimum Gasteiger partial charge on any atom is -0.208 e. The highest BCUT2D eigenvalue weighted by Gasteiger charge is 2.02. The van der Waals surface area contributed by atoms with Gasteiger partial charge in [0.05, 0.1) is 4.47 Å². The molecule has 0 unspecified atom stereocenters. The molecule has 0 spiro atoms. The third kappa shape index (κ3) is 1.37. The summed E-state index contributed by atoms with van der Waals surface area (Å²) in [6.45, 7) is 0. The van der Waals surface area contributed by atoms with Crippen molar-refractivity contribution in [3.8, 4) is 0 Å². The fourth-order valence-corrected chi connectivity index (χ4v) is 0.853. The number of rotatable bonds is 0. The Hall–Kier alpha value is -0.375. The topological polar surface area (TPSA) is 0 Å². The van der Waals surface area contributed by atoms with Gasteiger partial charge in [-0.05, 0) is 28.1 Å². The number of halogens is 3. The third-order valence-electron chi connectivity index (χ3n) is 1.04. The van der Waals surface area contributed by atoms with Crippen molar-refractivity contribution in [3.05, 3.63) is 28.2 Å². The van der Waals surface area contributed by atoms with Gasteiger partial charge >= 0.3 is 0 Å². The van der Waals surface area contributed by atoms with Crippen LogP contribution in [0, 0.1) is 11.6 Å². The molecule has 0 amide bonds. The van der Waals surface area contributed by atoms with Crippen LogP contribution in [0.5, 0.6) is 0 Å². The normalized spacial score (nSPS) is 9.90. The molecule has 0 N–H and O–H groups in total. The second kappa shape index (κ2) is 2.70. The smallest absolute Gasteiger partial charge is 0.136 e. The maximum atomic E-state index is 12.5. The lowest BCUT2D eigenvalue weighted by Crippen LogP contribution is -2.08. The molecule has 0 saturated carbocycles. The van der Waals surface area contributed by atoms with Crippen molar-refractivity contribution in [1.82, 2.24) is 0 Å². The molecular weight excluding hydrogens is 201 g/mol. The van der Waals surface area contributed by atoms with E-state index in [0.29, 0.717) is 0 Å². The van der Waals surface area contributed by atoms with Gasteiger partial charge in [-0.2, -0.15) is 0 Å². The largest absolute Gasteiger partial charge is 0.208 e. The number of benzene rings is 1. The van der Waals surface area contributed by atoms with E-state index in [1.165, 1.54) is 0 Å². The van der Waals surface area contributed by atoms with Gasteiger partial charge in [0.15, 0.2) is 0 Å². The summed E-state index contributed by atoms with van der Waals surface area (Å²) >= 11 is 2.81. The SMILES string of the molecule is [B]c1cc(F)c(Br)cc1F. The standard InChI is InChI=1S/C6H2BBrF2/c7-3-1-6(10)4(8)2-5(3)9/h1-2H. The Balaban J connectivity index is 3.28. The first-order valence-corrected chi connectivity index (χ1v) is 3.30. The fraction of sp³-hybridized carbons (Fsp3) is 0. The molecule has 0 atom stereocenters. The van der Waals surface area contributed by atoms with Crippen molar-refractivity contribution < 1.29 is 8.78 Å². The molecule has 4 heteroatoms. The maximum absolute atomic E-state index is 12.5. The number of hydrogen-bond acceptors (Lipinski definition) is 0. The quantitative estimate of drug-likeness (QED) is 0.442. The minimum absolute atomic E-state index is 0.0826. The minimum atomic E-state index is -0.617. The van der Waals surface area contributed by atoms with E-state index >= 15 is 0 Å². The van der Waals surface area contributed by atoms with E-state index in [1.807, 2.05) is 0 Å². The molecule has 0 saturated heterocycles. The molecule has 0 bridgehead atoms. The zero-order valence-corrected chi connectivity index (χ0v) is 6.45. The molecule has 0 heterocycles. The molecule has 1 aromatic carbocycles. The Morgan fingerprint density at radius 1 is 1.20 bits per heavy atom. The molecule has 0 fully saturated rings. The first-order chi connectivity index (χ1) is 4.61. The highest BCUT2D eigenvalue weighted by molar-refractivity contribution is 9.10. The average Bonchev–Trinajstić information content (AvgIpc) is 1.84. The summed E-state index contributed by atoms with van der Waals surface area (Å²) in [5.74, 6) is -1.17. The second-order valence-corrected chi connectivity index (χ2v) is 2.64. The monoisotopic (exact) mass is 202 g/mol. The summed E-state index contributed by atoms with van der Waals surface area (Å²) in [5, 5.41) is 0. The molecule has 10 heavy (non-hydrogen) atoms. The van der Waals surface area contributed by atoms with E-state index < -0.39 is 11.6 Å². The lowest BCUT2D eigenvalue weighted by Gasteiger charge is -1.97. The summed E-state index contributed by atoms with van der Waals surface area (Å²) < 4.78 is 25.0. The summed E-state index contributed by atoms with van der Waals surface area (Å²) in [6, 6.07) is 1.92. The van der Waals surface area contributed by atoms with Crippen molar-refractivity contribution in [2.75, 3.05) is 0 Å². The van der Waals surface area contributed by atoms with Crippen LogP contribution < -0.4 is 5.46 Å². The van der Waals surface area contributed by atoms with Crippen molar-refractivity contribution in [3.63, 3.8) is 0 Å². The van der Waals surface area contributed by atoms with E-state index in [4.69, 9.17) is 7.85 Å². The van der Waals surface area contributed by atoms with E-state index in [1.54, 1.807) is 0 Å². The predicted molar refractivity (Wildman–Crippen MR) is 39.4 cm³/mol. The molecule has 0 aromatic heterocycles. The molecule has 0 aliphatic rings. The van der Waals surface area contributed by atoms with Crippen LogP contribution in [-0.2, 0) is 0 Å². The van der Waals surface area contributed by atoms with Gasteiger partial charge in [-0.25, -0.2) is 8.78 Å². The van der Waals surface area contributed by atoms with Gasteiger partial charge in [-0.3, -0.25) is 0 Å². The lowest BCUT2D eigenvalue weighted by molar-refractivity contribution is 0.601. The average molecular weight is 203 g/mol. The Kier molecular flexibility index (Phi) is 2.09. The van der Waals surface area contributed by atoms with Crippen LogP contribution in [0.4, 0.5) is 8.78 Å². The Morgan fingerprint density at radius 2 is 1.80 bits per heavy atom. The number of hydrogen-bond donors (Lipinski definition) is 0. The highest BCUT2D eigenvalue weighted by Crippen LogP contribution is 2.13. The van der Waals surface area contributed by atoms with Crippen LogP contribution in [-0.4, -0.2) is 7.85 Å². The molecule has 50 valence electrons. The van der Waals surface area contributed by atoms with Gasteiger partial charge in [-0.1, -0.05) is 5.46 Å². The molecule has 0 aliphatic heterocycles. The Labute approximate surface area is 66.8 Å². The van der Waals surface area contributed by atoms with E-state index in [0.717, 1.165) is 12.1 Å². The maximum Gasteiger partial charge on any atom is 0.136 e. The zero-order chi connectivity index (χ0) is 7.72. The van der Waals surface area contributed by atoms with Crippen molar-refractivity contribution in [1.29, 1.82) is 0 Å². The molecule has 2 radical (unpaired) electrons. The summed E-state index contributed by atoms with van der Waals surface area (Å²) in [6.07, 6.45) is 0. The predicted octanol–water partition coefficient (Wildman–Crippen LogP) is 1.52. The van der Waals surface area contributed by atoms with Gasteiger partial charge in [0.2, 0.25) is 0 Å². The Morgan fingerprint density at radius 3 is 2.30 bits per heavy atom. The van der Waals surface area contributed by atoms with Crippen LogP contribution in [0.3, 0.4) is 0 Å². The first-order valence-electron chi connectivity index (χ1n) is 2.51. The summed E-state index contributed by atoms with van der Waals surface area (Å²) in [5.41, 5.74) is -0.180. The van der Waals surface area contributed by atoms with Gasteiger partial charge < -0.3 is 0 Å². The van der Waals surface area contributed by atoms with Gasteiger partial charge in [0.25, 0.3) is 0 Å². The van der Waals surface area contributed by atoms with Gasteiger partial charge in [0.1, 0.15) is 19.5 Å². The summed E-state index contributed by atoms with van der Waals surface area (Å²) in [7, 11) is 5.05. The Bertz CT molecular complexity index is 212. The van der Waals surface area contributed by atoms with E-state index in [-0.39, 0.29) is 9.94 Å². The van der Waals surface area contributed by atoms with Gasteiger partial charge in [0, 0.05) is 0 Å². The van der Waals surface area contributed by atoms with Crippen LogP contribution in [0.1, 0.15) is 0 Å². The van der Waals surface area contributed by atoms with Crippen molar-refractivity contribution >= 4 is 29.2 Å². The van der Waals surface area contributed by atoms with Crippen LogP contribution in [0.25, 0.3) is 0 Å². The molecular formula is C6H2BBrF2. The molecule has 1 rings (SSSR count). The molecule has 0 nitrogen and oxygen atoms in total. The highest BCUT2D eigenvalue weighted by atomic mass is 79.9. The third-order valence-corrected chi connectivity index (χ3v) is 1.65. The van der Waals surface area contributed by atoms with Crippen LogP contribution >= 0.6 is 15.9 Å². The van der Waals surface area contributed by atoms with E-state index in [9.17, 15) is 8.78 Å². The lowest BCUT2D eigenvalue weighted by atomic mass is 9.96. The van der Waals surface area contributed by atoms with Crippen LogP contribution in [0.15, 0.2) is 16.6 Å². The van der Waals surface area contributed by atoms with Gasteiger partial charge in [-0.15, -0.1) is 0 Å². The fourth-order valence-electron chi connectivity index (χ4n) is 0.538. The second-order valence-electron chi connectivity index (χ2n) is 1.79. The van der Waals surface area contributed by atoms with Crippen molar-refractivity contribution in [2.24, 2.45) is 0 Å². The van der Waals surface area contributed by atoms with Crippen LogP contribution in [0.2, 0.25) is 0 Å². The van der Waals surface area contributed by atoms with E-state index in [2.05, 4.69) is 15.9 Å².